The summed E-state index contributed by atoms with van der Waals surface area (Å²) in [6, 6.07) is 0. The predicted octanol–water partition coefficient (Wildman–Crippen LogP) is 3.39. The zero-order valence-electron chi connectivity index (χ0n) is 12.1. The number of amides is 1. The van der Waals surface area contributed by atoms with Crippen LogP contribution in [-0.2, 0) is 4.79 Å². The lowest BCUT2D eigenvalue weighted by Crippen LogP contribution is -2.46. The monoisotopic (exact) mass is 322 g/mol. The van der Waals surface area contributed by atoms with Crippen LogP contribution >= 0.6 is 11.9 Å². The molecular formula is C14H21F3N2OS. The van der Waals surface area contributed by atoms with Gasteiger partial charge in [-0.15, -0.1) is 0 Å². The van der Waals surface area contributed by atoms with E-state index in [1.54, 1.807) is 0 Å². The third-order valence-corrected chi connectivity index (χ3v) is 4.71. The van der Waals surface area contributed by atoms with Gasteiger partial charge in [0.25, 0.3) is 0 Å². The van der Waals surface area contributed by atoms with Crippen LogP contribution in [-0.4, -0.2) is 24.5 Å². The van der Waals surface area contributed by atoms with Gasteiger partial charge in [0, 0.05) is 25.0 Å². The Morgan fingerprint density at radius 3 is 2.95 bits per heavy atom. The van der Waals surface area contributed by atoms with Crippen LogP contribution in [0, 0.1) is 11.3 Å². The van der Waals surface area contributed by atoms with Gasteiger partial charge < -0.3 is 5.32 Å². The van der Waals surface area contributed by atoms with Gasteiger partial charge in [0.15, 0.2) is 0 Å². The van der Waals surface area contributed by atoms with Crippen molar-refractivity contribution >= 4 is 17.9 Å². The SMILES string of the molecule is CC1C=C2CCCC(C(=O)NCCNSC(F)(F)F)(C2)C1. The molecule has 0 radical (unpaired) electrons. The Balaban J connectivity index is 1.79. The van der Waals surface area contributed by atoms with E-state index in [9.17, 15) is 18.0 Å². The Labute approximate surface area is 127 Å². The number of allylic oxidation sites excluding steroid dienone is 2. The van der Waals surface area contributed by atoms with Gasteiger partial charge in [-0.25, -0.2) is 0 Å². The van der Waals surface area contributed by atoms with Gasteiger partial charge in [-0.05, 0) is 38.0 Å². The summed E-state index contributed by atoms with van der Waals surface area (Å²) in [5.74, 6) is 0.400. The van der Waals surface area contributed by atoms with E-state index in [1.165, 1.54) is 5.57 Å². The first-order valence-corrected chi connectivity index (χ1v) is 8.08. The normalized spacial score (nSPS) is 29.0. The fourth-order valence-corrected chi connectivity index (χ4v) is 3.86. The molecular weight excluding hydrogens is 301 g/mol. The molecule has 2 atom stereocenters. The van der Waals surface area contributed by atoms with E-state index in [4.69, 9.17) is 0 Å². The molecule has 1 saturated carbocycles. The lowest BCUT2D eigenvalue weighted by molar-refractivity contribution is -0.133. The number of alkyl halides is 3. The van der Waals surface area contributed by atoms with Gasteiger partial charge in [-0.3, -0.25) is 9.52 Å². The number of halogens is 3. The van der Waals surface area contributed by atoms with Crippen molar-refractivity contribution in [3.05, 3.63) is 11.6 Å². The number of hydrogen-bond donors (Lipinski definition) is 2. The van der Waals surface area contributed by atoms with Crippen molar-refractivity contribution in [2.75, 3.05) is 13.1 Å². The first-order chi connectivity index (χ1) is 9.81. The number of rotatable bonds is 5. The van der Waals surface area contributed by atoms with Gasteiger partial charge in [-0.1, -0.05) is 18.6 Å². The second-order valence-electron chi connectivity index (χ2n) is 6.02. The molecule has 120 valence electrons. The standard InChI is InChI=1S/C14H21F3N2OS/c1-10-7-11-3-2-4-13(8-10,9-11)12(20)18-5-6-19-21-14(15,16)17/h7,10,19H,2-6,8-9H2,1H3,(H,18,20). The minimum absolute atomic E-state index is 0.00143. The molecule has 2 aliphatic carbocycles. The first-order valence-electron chi connectivity index (χ1n) is 7.26. The molecule has 1 fully saturated rings. The maximum Gasteiger partial charge on any atom is 0.456 e. The second-order valence-corrected chi connectivity index (χ2v) is 6.97. The fraction of sp³-hybridized carbons (Fsp3) is 0.786. The molecule has 2 aliphatic rings. The zero-order valence-corrected chi connectivity index (χ0v) is 12.9. The minimum atomic E-state index is -4.29. The topological polar surface area (TPSA) is 41.1 Å². The summed E-state index contributed by atoms with van der Waals surface area (Å²) in [5, 5.41) is 2.80. The molecule has 0 heterocycles. The second kappa shape index (κ2) is 6.60. The molecule has 0 aliphatic heterocycles. The van der Waals surface area contributed by atoms with E-state index >= 15 is 0 Å². The molecule has 21 heavy (non-hydrogen) atoms. The Bertz CT molecular complexity index is 425. The summed E-state index contributed by atoms with van der Waals surface area (Å²) >= 11 is -0.273. The van der Waals surface area contributed by atoms with Crippen LogP contribution in [0.1, 0.15) is 39.0 Å². The highest BCUT2D eigenvalue weighted by molar-refractivity contribution is 7.98. The average Bonchev–Trinajstić information content (AvgIpc) is 2.36. The fourth-order valence-electron chi connectivity index (χ4n) is 3.49. The molecule has 0 aromatic heterocycles. The van der Waals surface area contributed by atoms with Gasteiger partial charge in [0.05, 0.1) is 5.41 Å². The van der Waals surface area contributed by atoms with E-state index in [0.717, 1.165) is 32.1 Å². The Morgan fingerprint density at radius 1 is 1.48 bits per heavy atom. The van der Waals surface area contributed by atoms with Crippen molar-refractivity contribution in [1.29, 1.82) is 0 Å². The molecule has 0 saturated heterocycles. The summed E-state index contributed by atoms with van der Waals surface area (Å²) < 4.78 is 38.1. The van der Waals surface area contributed by atoms with Gasteiger partial charge >= 0.3 is 5.51 Å². The van der Waals surface area contributed by atoms with Crippen molar-refractivity contribution in [3.8, 4) is 0 Å². The molecule has 7 heteroatoms. The van der Waals surface area contributed by atoms with Gasteiger partial charge in [0.1, 0.15) is 0 Å². The van der Waals surface area contributed by atoms with Crippen molar-refractivity contribution in [3.63, 3.8) is 0 Å². The number of carbonyl (C=O) groups excluding carboxylic acids is 1. The van der Waals surface area contributed by atoms with Gasteiger partial charge in [0.2, 0.25) is 5.91 Å². The minimum Gasteiger partial charge on any atom is -0.354 e. The zero-order chi connectivity index (χ0) is 15.5. The van der Waals surface area contributed by atoms with Gasteiger partial charge in [-0.2, -0.15) is 13.2 Å². The Kier molecular flexibility index (Phi) is 5.24. The Morgan fingerprint density at radius 2 is 2.24 bits per heavy atom. The molecule has 2 bridgehead atoms. The largest absolute Gasteiger partial charge is 0.456 e. The number of hydrogen-bond acceptors (Lipinski definition) is 3. The van der Waals surface area contributed by atoms with E-state index in [0.29, 0.717) is 5.92 Å². The Hall–Kier alpha value is -0.690. The van der Waals surface area contributed by atoms with Crippen LogP contribution < -0.4 is 10.0 Å². The van der Waals surface area contributed by atoms with Crippen LogP contribution in [0.2, 0.25) is 0 Å². The van der Waals surface area contributed by atoms with Crippen LogP contribution in [0.25, 0.3) is 0 Å². The molecule has 3 nitrogen and oxygen atoms in total. The molecule has 1 amide bonds. The summed E-state index contributed by atoms with van der Waals surface area (Å²) in [5.41, 5.74) is -3.26. The third kappa shape index (κ3) is 4.64. The van der Waals surface area contributed by atoms with Crippen molar-refractivity contribution in [1.82, 2.24) is 10.0 Å². The van der Waals surface area contributed by atoms with Crippen LogP contribution in [0.3, 0.4) is 0 Å². The van der Waals surface area contributed by atoms with E-state index in [1.807, 2.05) is 0 Å². The van der Waals surface area contributed by atoms with Crippen LogP contribution in [0.15, 0.2) is 11.6 Å². The van der Waals surface area contributed by atoms with E-state index in [2.05, 4.69) is 23.0 Å². The lowest BCUT2D eigenvalue weighted by atomic mass is 9.63. The summed E-state index contributed by atoms with van der Waals surface area (Å²) in [4.78, 5) is 12.4. The first kappa shape index (κ1) is 16.7. The van der Waals surface area contributed by atoms with Crippen molar-refractivity contribution in [2.24, 2.45) is 11.3 Å². The molecule has 2 N–H and O–H groups in total. The average molecular weight is 322 g/mol. The summed E-state index contributed by atoms with van der Waals surface area (Å²) in [6.07, 6.45) is 6.90. The number of fused-ring (bicyclic) bond motifs is 2. The quantitative estimate of drug-likeness (QED) is 0.463. The predicted molar refractivity (Wildman–Crippen MR) is 77.4 cm³/mol. The highest BCUT2D eigenvalue weighted by Gasteiger charge is 2.43. The summed E-state index contributed by atoms with van der Waals surface area (Å²) in [7, 11) is 0. The lowest BCUT2D eigenvalue weighted by Gasteiger charge is -2.42. The van der Waals surface area contributed by atoms with Crippen molar-refractivity contribution in [2.45, 2.75) is 44.5 Å². The highest BCUT2D eigenvalue weighted by atomic mass is 32.2. The molecule has 2 rings (SSSR count). The van der Waals surface area contributed by atoms with E-state index < -0.39 is 5.51 Å². The highest BCUT2D eigenvalue weighted by Crippen LogP contribution is 2.48. The maximum absolute atomic E-state index is 12.4. The molecule has 0 aromatic rings. The summed E-state index contributed by atoms with van der Waals surface area (Å²) in [6.45, 7) is 2.44. The van der Waals surface area contributed by atoms with Crippen LogP contribution in [0.4, 0.5) is 13.2 Å². The molecule has 0 spiro atoms. The molecule has 0 aromatic carbocycles. The maximum atomic E-state index is 12.4. The number of carbonyl (C=O) groups is 1. The number of nitrogens with one attached hydrogen (secondary N) is 2. The van der Waals surface area contributed by atoms with Crippen molar-refractivity contribution < 1.29 is 18.0 Å². The molecule has 2 unspecified atom stereocenters. The third-order valence-electron chi connectivity index (χ3n) is 4.13. The van der Waals surface area contributed by atoms with Crippen LogP contribution in [0.5, 0.6) is 0 Å². The smallest absolute Gasteiger partial charge is 0.354 e. The van der Waals surface area contributed by atoms with E-state index in [-0.39, 0.29) is 36.4 Å².